The van der Waals surface area contributed by atoms with E-state index in [1.165, 1.54) is 0 Å². The van der Waals surface area contributed by atoms with Gasteiger partial charge >= 0.3 is 0 Å². The average Bonchev–Trinajstić information content (AvgIpc) is 2.59. The summed E-state index contributed by atoms with van der Waals surface area (Å²) in [5, 5.41) is 11.9. The van der Waals surface area contributed by atoms with Crippen molar-refractivity contribution >= 4 is 11.5 Å². The number of anilines is 1. The predicted molar refractivity (Wildman–Crippen MR) is 92.1 cm³/mol. The van der Waals surface area contributed by atoms with Crippen LogP contribution in [0.5, 0.6) is 0 Å². The van der Waals surface area contributed by atoms with Crippen LogP contribution in [-0.4, -0.2) is 12.3 Å². The summed E-state index contributed by atoms with van der Waals surface area (Å²) in [7, 11) is 0. The zero-order chi connectivity index (χ0) is 16.7. The number of carbonyl (C=O) groups excluding carboxylic acids is 1. The van der Waals surface area contributed by atoms with Crippen molar-refractivity contribution in [2.75, 3.05) is 11.9 Å². The van der Waals surface area contributed by atoms with Gasteiger partial charge in [0, 0.05) is 22.7 Å². The fraction of sp³-hybridized carbons (Fsp3) is 0.200. The Morgan fingerprint density at radius 3 is 2.22 bits per heavy atom. The third kappa shape index (κ3) is 4.73. The van der Waals surface area contributed by atoms with Crippen LogP contribution in [-0.2, 0) is 0 Å². The highest BCUT2D eigenvalue weighted by Crippen LogP contribution is 2.10. The van der Waals surface area contributed by atoms with Gasteiger partial charge in [-0.15, -0.1) is 0 Å². The Morgan fingerprint density at radius 1 is 1.04 bits per heavy atom. The molecule has 0 aliphatic heterocycles. The summed E-state index contributed by atoms with van der Waals surface area (Å²) in [6, 6.07) is 16.7. The molecule has 0 amide bonds. The van der Waals surface area contributed by atoms with Gasteiger partial charge in [-0.25, -0.2) is 0 Å². The first-order valence-electron chi connectivity index (χ1n) is 7.47. The van der Waals surface area contributed by atoms with Crippen molar-refractivity contribution in [2.45, 2.75) is 13.8 Å². The summed E-state index contributed by atoms with van der Waals surface area (Å²) in [5.74, 6) is 6.24. The maximum Gasteiger partial charge on any atom is 0.165 e. The summed E-state index contributed by atoms with van der Waals surface area (Å²) in [6.45, 7) is 4.30. The molecule has 2 aromatic carbocycles. The number of nitrogens with one attached hydrogen (secondary N) is 1. The Bertz CT molecular complexity index is 770. The number of nitriles is 1. The van der Waals surface area contributed by atoms with E-state index in [-0.39, 0.29) is 11.7 Å². The second-order valence-corrected chi connectivity index (χ2v) is 5.44. The molecule has 0 fully saturated rings. The van der Waals surface area contributed by atoms with Crippen LogP contribution < -0.4 is 5.32 Å². The van der Waals surface area contributed by atoms with Crippen molar-refractivity contribution in [3.63, 3.8) is 0 Å². The van der Waals surface area contributed by atoms with Crippen molar-refractivity contribution < 1.29 is 4.79 Å². The smallest absolute Gasteiger partial charge is 0.165 e. The third-order valence-corrected chi connectivity index (χ3v) is 3.32. The molecule has 0 unspecified atom stereocenters. The molecule has 0 radical (unpaired) electrons. The second kappa shape index (κ2) is 7.82. The van der Waals surface area contributed by atoms with Gasteiger partial charge < -0.3 is 5.32 Å². The quantitative estimate of drug-likeness (QED) is 0.689. The molecule has 2 rings (SSSR count). The number of carbonyl (C=O) groups is 1. The normalized spacial score (nSPS) is 9.65. The Balaban J connectivity index is 1.91. The minimum absolute atomic E-state index is 0.00329. The lowest BCUT2D eigenvalue weighted by molar-refractivity contribution is 0.0939. The van der Waals surface area contributed by atoms with Gasteiger partial charge in [-0.05, 0) is 36.4 Å². The Kier molecular flexibility index (Phi) is 5.56. The van der Waals surface area contributed by atoms with E-state index >= 15 is 0 Å². The number of Topliss-reactive ketones (excluding diaryl/α,β-unsaturated/α-hetero) is 1. The minimum Gasteiger partial charge on any atom is -0.374 e. The SMILES string of the molecule is CC(C)C(=O)c1ccc(C#CCNc2ccc(C#N)cc2)cc1. The summed E-state index contributed by atoms with van der Waals surface area (Å²) in [4.78, 5) is 11.9. The molecule has 3 heteroatoms. The van der Waals surface area contributed by atoms with E-state index in [0.29, 0.717) is 12.1 Å². The van der Waals surface area contributed by atoms with Gasteiger partial charge in [0.2, 0.25) is 0 Å². The van der Waals surface area contributed by atoms with Crippen LogP contribution in [0.1, 0.15) is 35.3 Å². The number of hydrogen-bond donors (Lipinski definition) is 1. The van der Waals surface area contributed by atoms with E-state index < -0.39 is 0 Å². The van der Waals surface area contributed by atoms with E-state index in [4.69, 9.17) is 5.26 Å². The van der Waals surface area contributed by atoms with Crippen molar-refractivity contribution in [3.8, 4) is 17.9 Å². The first-order chi connectivity index (χ1) is 11.1. The first-order valence-corrected chi connectivity index (χ1v) is 7.47. The van der Waals surface area contributed by atoms with Gasteiger partial charge in [-0.2, -0.15) is 5.26 Å². The van der Waals surface area contributed by atoms with Crippen molar-refractivity contribution in [2.24, 2.45) is 5.92 Å². The standard InChI is InChI=1S/C20H18N2O/c1-15(2)20(23)18-9-5-16(6-10-18)4-3-13-22-19-11-7-17(14-21)8-12-19/h5-12,15,22H,13H2,1-2H3. The van der Waals surface area contributed by atoms with Crippen molar-refractivity contribution in [1.82, 2.24) is 0 Å². The maximum atomic E-state index is 11.9. The van der Waals surface area contributed by atoms with Crippen molar-refractivity contribution in [3.05, 3.63) is 65.2 Å². The molecule has 0 bridgehead atoms. The number of nitrogens with zero attached hydrogens (tertiary/aromatic N) is 1. The van der Waals surface area contributed by atoms with Gasteiger partial charge in [-0.1, -0.05) is 37.8 Å². The first kappa shape index (κ1) is 16.3. The molecule has 0 atom stereocenters. The highest BCUT2D eigenvalue weighted by molar-refractivity contribution is 5.97. The van der Waals surface area contributed by atoms with Crippen LogP contribution in [0.15, 0.2) is 48.5 Å². The summed E-state index contributed by atoms with van der Waals surface area (Å²) < 4.78 is 0. The van der Waals surface area contributed by atoms with Crippen LogP contribution in [0.25, 0.3) is 0 Å². The number of rotatable bonds is 4. The molecule has 0 saturated heterocycles. The molecule has 23 heavy (non-hydrogen) atoms. The van der Waals surface area contributed by atoms with E-state index in [2.05, 4.69) is 23.2 Å². The predicted octanol–water partition coefficient (Wildman–Crippen LogP) is 3.86. The van der Waals surface area contributed by atoms with Gasteiger partial charge in [-0.3, -0.25) is 4.79 Å². The lowest BCUT2D eigenvalue weighted by Crippen LogP contribution is -2.06. The molecule has 2 aromatic rings. The molecule has 0 spiro atoms. The zero-order valence-electron chi connectivity index (χ0n) is 13.3. The van der Waals surface area contributed by atoms with Gasteiger partial charge in [0.25, 0.3) is 0 Å². The van der Waals surface area contributed by atoms with E-state index in [1.54, 1.807) is 12.1 Å². The van der Waals surface area contributed by atoms with Gasteiger partial charge in [0.1, 0.15) is 0 Å². The van der Waals surface area contributed by atoms with Crippen LogP contribution in [0.2, 0.25) is 0 Å². The molecular formula is C20H18N2O. The average molecular weight is 302 g/mol. The third-order valence-electron chi connectivity index (χ3n) is 3.32. The molecule has 0 aliphatic carbocycles. The molecule has 114 valence electrons. The Labute approximate surface area is 137 Å². The fourth-order valence-electron chi connectivity index (χ4n) is 2.01. The van der Waals surface area contributed by atoms with Crippen LogP contribution in [0.4, 0.5) is 5.69 Å². The zero-order valence-corrected chi connectivity index (χ0v) is 13.3. The van der Waals surface area contributed by atoms with Gasteiger partial charge in [0.05, 0.1) is 18.2 Å². The molecule has 3 nitrogen and oxygen atoms in total. The van der Waals surface area contributed by atoms with E-state index in [0.717, 1.165) is 16.8 Å². The van der Waals surface area contributed by atoms with Gasteiger partial charge in [0.15, 0.2) is 5.78 Å². The molecule has 0 saturated carbocycles. The van der Waals surface area contributed by atoms with E-state index in [1.807, 2.05) is 50.2 Å². The highest BCUT2D eigenvalue weighted by Gasteiger charge is 2.09. The topological polar surface area (TPSA) is 52.9 Å². The molecule has 1 N–H and O–H groups in total. The fourth-order valence-corrected chi connectivity index (χ4v) is 2.01. The maximum absolute atomic E-state index is 11.9. The molecule has 0 aliphatic rings. The highest BCUT2D eigenvalue weighted by atomic mass is 16.1. The van der Waals surface area contributed by atoms with E-state index in [9.17, 15) is 4.79 Å². The Hall–Kier alpha value is -3.04. The molecule has 0 aromatic heterocycles. The monoisotopic (exact) mass is 302 g/mol. The number of benzene rings is 2. The summed E-state index contributed by atoms with van der Waals surface area (Å²) >= 11 is 0. The summed E-state index contributed by atoms with van der Waals surface area (Å²) in [6.07, 6.45) is 0. The second-order valence-electron chi connectivity index (χ2n) is 5.44. The lowest BCUT2D eigenvalue weighted by Gasteiger charge is -2.03. The minimum atomic E-state index is 0.00329. The summed E-state index contributed by atoms with van der Waals surface area (Å²) in [5.41, 5.74) is 3.17. The number of ketones is 1. The van der Waals surface area contributed by atoms with Crippen LogP contribution in [0, 0.1) is 29.1 Å². The Morgan fingerprint density at radius 2 is 1.65 bits per heavy atom. The molecular weight excluding hydrogens is 284 g/mol. The molecule has 0 heterocycles. The number of hydrogen-bond acceptors (Lipinski definition) is 3. The van der Waals surface area contributed by atoms with Crippen LogP contribution in [0.3, 0.4) is 0 Å². The van der Waals surface area contributed by atoms with Crippen LogP contribution >= 0.6 is 0 Å². The lowest BCUT2D eigenvalue weighted by atomic mass is 10.0. The van der Waals surface area contributed by atoms with Crippen molar-refractivity contribution in [1.29, 1.82) is 5.26 Å². The largest absolute Gasteiger partial charge is 0.374 e.